The number of benzene rings is 1. The van der Waals surface area contributed by atoms with Gasteiger partial charge < -0.3 is 20.2 Å². The van der Waals surface area contributed by atoms with E-state index >= 15 is 0 Å². The molecule has 198 valence electrons. The molecule has 6 atom stereocenters. The molecule has 4 aliphatic rings. The quantitative estimate of drug-likeness (QED) is 0.454. The van der Waals surface area contributed by atoms with Crippen molar-refractivity contribution in [3.63, 3.8) is 0 Å². The number of oxime groups is 1. The van der Waals surface area contributed by atoms with Crippen LogP contribution in [0.3, 0.4) is 0 Å². The monoisotopic (exact) mass is 503 g/mol. The number of H-pyrrole nitrogens is 1. The summed E-state index contributed by atoms with van der Waals surface area (Å²) < 4.78 is 0. The van der Waals surface area contributed by atoms with Gasteiger partial charge >= 0.3 is 0 Å². The molecule has 1 heterocycles. The Bertz CT molecular complexity index is 1200. The van der Waals surface area contributed by atoms with Gasteiger partial charge in [-0.05, 0) is 104 Å². The summed E-state index contributed by atoms with van der Waals surface area (Å²) >= 11 is 0. The lowest BCUT2D eigenvalue weighted by Crippen LogP contribution is -2.51. The van der Waals surface area contributed by atoms with E-state index in [1.807, 2.05) is 12.1 Å². The Morgan fingerprint density at radius 2 is 2.00 bits per heavy atom. The van der Waals surface area contributed by atoms with Crippen molar-refractivity contribution in [2.75, 3.05) is 13.2 Å². The number of nitrogens with one attached hydrogen (secondary N) is 2. The fourth-order valence-corrected chi connectivity index (χ4v) is 8.45. The number of hydrogen-bond acceptors (Lipinski definition) is 4. The minimum atomic E-state index is -0.140. The highest BCUT2D eigenvalue weighted by atomic mass is 16.6. The first-order valence-corrected chi connectivity index (χ1v) is 14.3. The molecule has 37 heavy (non-hydrogen) atoms. The van der Waals surface area contributed by atoms with Gasteiger partial charge in [-0.25, -0.2) is 0 Å². The summed E-state index contributed by atoms with van der Waals surface area (Å²) in [6.45, 7) is 5.33. The van der Waals surface area contributed by atoms with E-state index in [0.29, 0.717) is 18.4 Å². The highest BCUT2D eigenvalue weighted by Crippen LogP contribution is 2.65. The highest BCUT2D eigenvalue weighted by molar-refractivity contribution is 5.96. The number of nitrogens with zero attached hydrogens (tertiary/aromatic N) is 1. The maximum atomic E-state index is 12.3. The maximum absolute atomic E-state index is 12.3. The van der Waals surface area contributed by atoms with Crippen LogP contribution in [-0.4, -0.2) is 41.0 Å². The van der Waals surface area contributed by atoms with Gasteiger partial charge in [0.25, 0.3) is 5.91 Å². The van der Waals surface area contributed by atoms with Crippen LogP contribution in [-0.2, 0) is 16.1 Å². The summed E-state index contributed by atoms with van der Waals surface area (Å²) in [6, 6.07) is 10.3. The minimum Gasteiger partial charge on any atom is -0.393 e. The third-order valence-corrected chi connectivity index (χ3v) is 10.6. The summed E-state index contributed by atoms with van der Waals surface area (Å²) in [5, 5.41) is 19.2. The molecule has 0 bridgehead atoms. The van der Waals surface area contributed by atoms with Gasteiger partial charge in [-0.1, -0.05) is 42.8 Å². The topological polar surface area (TPSA) is 86.7 Å². The van der Waals surface area contributed by atoms with Crippen molar-refractivity contribution < 1.29 is 14.7 Å². The highest BCUT2D eigenvalue weighted by Gasteiger charge is 2.58. The van der Waals surface area contributed by atoms with Crippen molar-refractivity contribution in [3.8, 4) is 0 Å². The standard InChI is InChI=1S/C31H41N3O3/c1-30-14-11-23(18-21(30)7-8-24-25-9-10-28(35)31(25,2)15-12-26(24)30)34-37-19-29(36)32-16-13-22-17-20-5-3-4-6-27(20)33-22/h3-6,17-18,24-26,28,33,35H,7-16,19H2,1-2H3,(H,32,36)/t24-,25-,26-,28-,30+,31+/m1/s1. The van der Waals surface area contributed by atoms with Gasteiger partial charge in [0, 0.05) is 24.2 Å². The van der Waals surface area contributed by atoms with Crippen LogP contribution >= 0.6 is 0 Å². The molecule has 3 N–H and O–H groups in total. The molecule has 0 unspecified atom stereocenters. The molecule has 1 amide bonds. The van der Waals surface area contributed by atoms with Crippen molar-refractivity contribution in [3.05, 3.63) is 47.7 Å². The van der Waals surface area contributed by atoms with Crippen LogP contribution in [0.1, 0.15) is 70.9 Å². The molecule has 4 aliphatic carbocycles. The minimum absolute atomic E-state index is 0.0517. The lowest BCUT2D eigenvalue weighted by atomic mass is 9.47. The molecule has 3 fully saturated rings. The smallest absolute Gasteiger partial charge is 0.260 e. The fourth-order valence-electron chi connectivity index (χ4n) is 8.45. The van der Waals surface area contributed by atoms with Gasteiger partial charge in [-0.3, -0.25) is 4.79 Å². The Morgan fingerprint density at radius 3 is 2.86 bits per heavy atom. The molecular formula is C31H41N3O3. The largest absolute Gasteiger partial charge is 0.393 e. The Balaban J connectivity index is 1.01. The zero-order valence-electron chi connectivity index (χ0n) is 22.3. The summed E-state index contributed by atoms with van der Waals surface area (Å²) in [7, 11) is 0. The van der Waals surface area contributed by atoms with Crippen molar-refractivity contribution in [1.29, 1.82) is 0 Å². The Kier molecular flexibility index (Phi) is 6.42. The summed E-state index contributed by atoms with van der Waals surface area (Å²) in [5.41, 5.74) is 5.08. The number of para-hydroxylation sites is 1. The number of aromatic amines is 1. The molecule has 2 aromatic rings. The number of carbonyl (C=O) groups is 1. The molecule has 6 rings (SSSR count). The molecule has 0 spiro atoms. The number of aliphatic hydroxyl groups excluding tert-OH is 1. The first-order chi connectivity index (χ1) is 17.9. The third kappa shape index (κ3) is 4.41. The van der Waals surface area contributed by atoms with E-state index in [2.05, 4.69) is 53.6 Å². The second kappa shape index (κ2) is 9.61. The molecule has 0 radical (unpaired) electrons. The molecule has 3 saturated carbocycles. The first-order valence-electron chi connectivity index (χ1n) is 14.3. The van der Waals surface area contributed by atoms with E-state index in [1.165, 1.54) is 30.2 Å². The summed E-state index contributed by atoms with van der Waals surface area (Å²) in [5.74, 6) is 1.98. The van der Waals surface area contributed by atoms with Gasteiger partial charge in [-0.15, -0.1) is 0 Å². The second-order valence-electron chi connectivity index (χ2n) is 12.5. The van der Waals surface area contributed by atoms with Crippen LogP contribution in [0.25, 0.3) is 10.9 Å². The molecule has 6 nitrogen and oxygen atoms in total. The van der Waals surface area contributed by atoms with Crippen molar-refractivity contribution in [2.24, 2.45) is 33.7 Å². The van der Waals surface area contributed by atoms with E-state index in [9.17, 15) is 9.90 Å². The summed E-state index contributed by atoms with van der Waals surface area (Å²) in [6.07, 6.45) is 11.8. The van der Waals surface area contributed by atoms with E-state index in [1.54, 1.807) is 0 Å². The number of hydrogen-bond donors (Lipinski definition) is 3. The molecule has 0 aliphatic heterocycles. The third-order valence-electron chi connectivity index (χ3n) is 10.6. The SMILES string of the molecule is C[C@]12CC[C@@H]3[C@H](CCC4=CC(=NOCC(=O)NCCc5cc6ccccc6[nH]5)CC[C@@]43C)[C@H]1CC[C@H]2O. The average molecular weight is 504 g/mol. The van der Waals surface area contributed by atoms with Gasteiger partial charge in [0.15, 0.2) is 6.61 Å². The average Bonchev–Trinajstić information content (AvgIpc) is 3.44. The lowest BCUT2D eigenvalue weighted by molar-refractivity contribution is -0.125. The number of fused-ring (bicyclic) bond motifs is 6. The zero-order chi connectivity index (χ0) is 25.6. The summed E-state index contributed by atoms with van der Waals surface area (Å²) in [4.78, 5) is 21.1. The predicted octanol–water partition coefficient (Wildman–Crippen LogP) is 5.52. The predicted molar refractivity (Wildman–Crippen MR) is 146 cm³/mol. The van der Waals surface area contributed by atoms with Crippen molar-refractivity contribution >= 4 is 22.5 Å². The first kappa shape index (κ1) is 24.7. The van der Waals surface area contributed by atoms with Gasteiger partial charge in [-0.2, -0.15) is 0 Å². The normalized spacial score (nSPS) is 36.0. The van der Waals surface area contributed by atoms with Crippen LogP contribution in [0.4, 0.5) is 0 Å². The van der Waals surface area contributed by atoms with Crippen LogP contribution in [0.2, 0.25) is 0 Å². The molecule has 0 saturated heterocycles. The van der Waals surface area contributed by atoms with Gasteiger partial charge in [0.1, 0.15) is 0 Å². The number of aliphatic hydroxyl groups is 1. The number of amides is 1. The molecular weight excluding hydrogens is 462 g/mol. The van der Waals surface area contributed by atoms with E-state index < -0.39 is 0 Å². The number of allylic oxidation sites excluding steroid dienone is 2. The number of aromatic nitrogens is 1. The number of rotatable bonds is 6. The maximum Gasteiger partial charge on any atom is 0.260 e. The Morgan fingerprint density at radius 1 is 1.14 bits per heavy atom. The second-order valence-corrected chi connectivity index (χ2v) is 12.5. The van der Waals surface area contributed by atoms with Crippen LogP contribution in [0.15, 0.2) is 47.1 Å². The van der Waals surface area contributed by atoms with Crippen LogP contribution in [0.5, 0.6) is 0 Å². The molecule has 1 aromatic carbocycles. The van der Waals surface area contributed by atoms with Crippen LogP contribution in [0, 0.1) is 28.6 Å². The molecule has 6 heteroatoms. The van der Waals surface area contributed by atoms with Crippen molar-refractivity contribution in [2.45, 2.75) is 77.7 Å². The van der Waals surface area contributed by atoms with E-state index in [-0.39, 0.29) is 29.4 Å². The lowest BCUT2D eigenvalue weighted by Gasteiger charge is -2.57. The van der Waals surface area contributed by atoms with Gasteiger partial charge in [0.2, 0.25) is 0 Å². The van der Waals surface area contributed by atoms with Crippen LogP contribution < -0.4 is 5.32 Å². The van der Waals surface area contributed by atoms with E-state index in [4.69, 9.17) is 4.84 Å². The molecule has 1 aromatic heterocycles. The fraction of sp³-hybridized carbons (Fsp3) is 0.613. The van der Waals surface area contributed by atoms with Gasteiger partial charge in [0.05, 0.1) is 11.8 Å². The Hall–Kier alpha value is -2.60. The zero-order valence-corrected chi connectivity index (χ0v) is 22.3. The van der Waals surface area contributed by atoms with E-state index in [0.717, 1.165) is 61.4 Å². The number of carbonyl (C=O) groups excluding carboxylic acids is 1. The Labute approximate surface area is 219 Å². The van der Waals surface area contributed by atoms with Crippen molar-refractivity contribution in [1.82, 2.24) is 10.3 Å².